The first kappa shape index (κ1) is 12.9. The first-order valence-corrected chi connectivity index (χ1v) is 8.01. The first-order chi connectivity index (χ1) is 10.2. The highest BCUT2D eigenvalue weighted by atomic mass is 79.9. The van der Waals surface area contributed by atoms with Gasteiger partial charge in [0.1, 0.15) is 5.04 Å². The van der Waals surface area contributed by atoms with Gasteiger partial charge in [0.05, 0.1) is 0 Å². The summed E-state index contributed by atoms with van der Waals surface area (Å²) in [7, 11) is 0. The zero-order chi connectivity index (χ0) is 14.4. The lowest BCUT2D eigenvalue weighted by Gasteiger charge is -2.20. The molecule has 0 aliphatic carbocycles. The van der Waals surface area contributed by atoms with E-state index in [0.717, 1.165) is 26.3 Å². The number of hydrazone groups is 1. The summed E-state index contributed by atoms with van der Waals surface area (Å²) in [4.78, 5) is 11.6. The molecule has 0 bridgehead atoms. The summed E-state index contributed by atoms with van der Waals surface area (Å²) in [6.45, 7) is 0. The molecule has 2 aliphatic heterocycles. The standard InChI is InChI=1S/C15H10BrN3OS/c16-10-7-4-8-11-12(10)15(14(20)17-11)19-18-13(21-15)9-5-2-1-3-6-9/h1-8,19H,(H,17,20). The van der Waals surface area contributed by atoms with Crippen molar-refractivity contribution in [2.75, 3.05) is 5.32 Å². The van der Waals surface area contributed by atoms with E-state index in [9.17, 15) is 4.79 Å². The summed E-state index contributed by atoms with van der Waals surface area (Å²) >= 11 is 4.98. The molecular weight excluding hydrogens is 350 g/mol. The Labute approximate surface area is 134 Å². The van der Waals surface area contributed by atoms with Gasteiger partial charge in [-0.05, 0) is 12.1 Å². The molecule has 1 amide bonds. The fraction of sp³-hybridized carbons (Fsp3) is 0.0667. The molecule has 21 heavy (non-hydrogen) atoms. The van der Waals surface area contributed by atoms with Gasteiger partial charge in [-0.2, -0.15) is 5.10 Å². The number of rotatable bonds is 1. The Kier molecular flexibility index (Phi) is 2.83. The molecule has 1 atom stereocenters. The average molecular weight is 360 g/mol. The maximum Gasteiger partial charge on any atom is 0.267 e. The molecule has 2 N–H and O–H groups in total. The second-order valence-electron chi connectivity index (χ2n) is 4.79. The molecule has 2 aliphatic rings. The summed E-state index contributed by atoms with van der Waals surface area (Å²) in [6.07, 6.45) is 0. The highest BCUT2D eigenvalue weighted by Crippen LogP contribution is 2.50. The Balaban J connectivity index is 1.78. The molecule has 2 aromatic carbocycles. The minimum atomic E-state index is -0.888. The monoisotopic (exact) mass is 359 g/mol. The van der Waals surface area contributed by atoms with Crippen molar-refractivity contribution in [3.8, 4) is 0 Å². The van der Waals surface area contributed by atoms with Crippen LogP contribution >= 0.6 is 27.7 Å². The zero-order valence-corrected chi connectivity index (χ0v) is 13.2. The Morgan fingerprint density at radius 3 is 2.71 bits per heavy atom. The van der Waals surface area contributed by atoms with E-state index in [0.29, 0.717) is 0 Å². The van der Waals surface area contributed by atoms with Crippen molar-refractivity contribution < 1.29 is 4.79 Å². The number of thioether (sulfide) groups is 1. The van der Waals surface area contributed by atoms with E-state index in [1.807, 2.05) is 48.5 Å². The maximum atomic E-state index is 12.5. The zero-order valence-electron chi connectivity index (χ0n) is 10.8. The fourth-order valence-corrected chi connectivity index (χ4v) is 4.53. The van der Waals surface area contributed by atoms with Crippen LogP contribution in [0.4, 0.5) is 5.69 Å². The summed E-state index contributed by atoms with van der Waals surface area (Å²) < 4.78 is 0.892. The molecule has 0 fully saturated rings. The molecule has 4 rings (SSSR count). The normalized spacial score (nSPS) is 22.7. The van der Waals surface area contributed by atoms with Crippen LogP contribution in [0.1, 0.15) is 11.1 Å². The van der Waals surface area contributed by atoms with Crippen molar-refractivity contribution >= 4 is 44.3 Å². The summed E-state index contributed by atoms with van der Waals surface area (Å²) in [5.41, 5.74) is 5.75. The summed E-state index contributed by atoms with van der Waals surface area (Å²) in [5.74, 6) is -0.0934. The molecule has 2 heterocycles. The van der Waals surface area contributed by atoms with Crippen LogP contribution in [0.25, 0.3) is 0 Å². The minimum absolute atomic E-state index is 0.0934. The molecule has 0 saturated heterocycles. The number of hydrogen-bond donors (Lipinski definition) is 2. The van der Waals surface area contributed by atoms with E-state index < -0.39 is 4.87 Å². The summed E-state index contributed by atoms with van der Waals surface area (Å²) in [5, 5.41) is 8.11. The lowest BCUT2D eigenvalue weighted by atomic mass is 10.1. The summed E-state index contributed by atoms with van der Waals surface area (Å²) in [6, 6.07) is 15.6. The minimum Gasteiger partial charge on any atom is -0.322 e. The number of amides is 1. The van der Waals surface area contributed by atoms with E-state index in [1.54, 1.807) is 0 Å². The number of halogens is 1. The van der Waals surface area contributed by atoms with Crippen molar-refractivity contribution in [3.05, 3.63) is 64.1 Å². The molecule has 0 radical (unpaired) electrons. The lowest BCUT2D eigenvalue weighted by Crippen LogP contribution is -2.40. The van der Waals surface area contributed by atoms with Gasteiger partial charge < -0.3 is 5.32 Å². The van der Waals surface area contributed by atoms with E-state index in [1.165, 1.54) is 11.8 Å². The van der Waals surface area contributed by atoms with Gasteiger partial charge in [0.15, 0.2) is 0 Å². The molecule has 4 nitrogen and oxygen atoms in total. The lowest BCUT2D eigenvalue weighted by molar-refractivity contribution is -0.118. The van der Waals surface area contributed by atoms with Crippen LogP contribution in [0.15, 0.2) is 58.1 Å². The smallest absolute Gasteiger partial charge is 0.267 e. The van der Waals surface area contributed by atoms with E-state index >= 15 is 0 Å². The molecule has 104 valence electrons. The number of anilines is 1. The Morgan fingerprint density at radius 2 is 1.90 bits per heavy atom. The van der Waals surface area contributed by atoms with E-state index in [-0.39, 0.29) is 5.91 Å². The quantitative estimate of drug-likeness (QED) is 0.821. The van der Waals surface area contributed by atoms with Crippen molar-refractivity contribution in [2.45, 2.75) is 4.87 Å². The van der Waals surface area contributed by atoms with Crippen molar-refractivity contribution in [2.24, 2.45) is 5.10 Å². The largest absolute Gasteiger partial charge is 0.322 e. The Hall–Kier alpha value is -1.79. The number of carbonyl (C=O) groups is 1. The van der Waals surface area contributed by atoms with Gasteiger partial charge in [0.25, 0.3) is 5.91 Å². The molecule has 0 aromatic heterocycles. The van der Waals surface area contributed by atoms with E-state index in [2.05, 4.69) is 31.8 Å². The van der Waals surface area contributed by atoms with Gasteiger partial charge in [0, 0.05) is 21.3 Å². The third kappa shape index (κ3) is 1.82. The average Bonchev–Trinajstić information content (AvgIpc) is 3.05. The van der Waals surface area contributed by atoms with Crippen LogP contribution in [0.3, 0.4) is 0 Å². The van der Waals surface area contributed by atoms with Crippen LogP contribution in [0.2, 0.25) is 0 Å². The second kappa shape index (κ2) is 4.61. The molecule has 1 unspecified atom stereocenters. The number of nitrogens with zero attached hydrogens (tertiary/aromatic N) is 1. The van der Waals surface area contributed by atoms with Gasteiger partial charge >= 0.3 is 0 Å². The van der Waals surface area contributed by atoms with Gasteiger partial charge in [-0.1, -0.05) is 64.1 Å². The molecule has 6 heteroatoms. The van der Waals surface area contributed by atoms with Crippen molar-refractivity contribution in [3.63, 3.8) is 0 Å². The van der Waals surface area contributed by atoms with Gasteiger partial charge in [0.2, 0.25) is 4.87 Å². The number of benzene rings is 2. The highest BCUT2D eigenvalue weighted by molar-refractivity contribution is 9.10. The molecular formula is C15H10BrN3OS. The van der Waals surface area contributed by atoms with Crippen LogP contribution in [-0.2, 0) is 9.67 Å². The third-order valence-electron chi connectivity index (χ3n) is 3.52. The van der Waals surface area contributed by atoms with Crippen LogP contribution in [0.5, 0.6) is 0 Å². The Morgan fingerprint density at radius 1 is 1.10 bits per heavy atom. The van der Waals surface area contributed by atoms with Gasteiger partial charge in [-0.25, -0.2) is 0 Å². The molecule has 2 aromatic rings. The highest BCUT2D eigenvalue weighted by Gasteiger charge is 2.53. The number of fused-ring (bicyclic) bond motifs is 2. The number of nitrogens with one attached hydrogen (secondary N) is 2. The number of carbonyl (C=O) groups excluding carboxylic acids is 1. The third-order valence-corrected chi connectivity index (χ3v) is 5.49. The Bertz CT molecular complexity index is 778. The van der Waals surface area contributed by atoms with Crippen LogP contribution < -0.4 is 10.7 Å². The predicted octanol–water partition coefficient (Wildman–Crippen LogP) is 3.25. The SMILES string of the molecule is O=C1Nc2cccc(Br)c2C12NN=C(c1ccccc1)S2. The predicted molar refractivity (Wildman–Crippen MR) is 88.2 cm³/mol. The van der Waals surface area contributed by atoms with Gasteiger partial charge in [-0.15, -0.1) is 0 Å². The van der Waals surface area contributed by atoms with Gasteiger partial charge in [-0.3, -0.25) is 10.2 Å². The molecule has 0 saturated carbocycles. The van der Waals surface area contributed by atoms with Crippen molar-refractivity contribution in [1.82, 2.24) is 5.43 Å². The van der Waals surface area contributed by atoms with Crippen LogP contribution in [0, 0.1) is 0 Å². The molecule has 1 spiro atoms. The maximum absolute atomic E-state index is 12.5. The fourth-order valence-electron chi connectivity index (χ4n) is 2.54. The first-order valence-electron chi connectivity index (χ1n) is 6.40. The number of hydrogen-bond acceptors (Lipinski definition) is 4. The second-order valence-corrected chi connectivity index (χ2v) is 6.85. The van der Waals surface area contributed by atoms with E-state index in [4.69, 9.17) is 0 Å². The topological polar surface area (TPSA) is 53.5 Å². The van der Waals surface area contributed by atoms with Crippen LogP contribution in [-0.4, -0.2) is 11.0 Å². The van der Waals surface area contributed by atoms with Crippen molar-refractivity contribution in [1.29, 1.82) is 0 Å².